The van der Waals surface area contributed by atoms with Gasteiger partial charge in [-0.05, 0) is 45.2 Å². The number of rotatable bonds is 7. The number of carbonyl (C=O) groups excluding carboxylic acids is 1. The monoisotopic (exact) mass is 385 g/mol. The molecule has 1 aromatic heterocycles. The number of esters is 1. The van der Waals surface area contributed by atoms with Crippen molar-refractivity contribution >= 4 is 22.7 Å². The average Bonchev–Trinajstić information content (AvgIpc) is 2.72. The van der Waals surface area contributed by atoms with Gasteiger partial charge in [-0.1, -0.05) is 18.2 Å². The van der Waals surface area contributed by atoms with E-state index in [-0.39, 0.29) is 24.5 Å². The number of carbonyl (C=O) groups is 1. The first-order valence-corrected chi connectivity index (χ1v) is 10.2. The van der Waals surface area contributed by atoms with Crippen molar-refractivity contribution in [2.45, 2.75) is 46.2 Å². The molecular weight excluding hydrogens is 354 g/mol. The molecule has 0 amide bonds. The third-order valence-electron chi connectivity index (χ3n) is 5.43. The number of piperidine rings is 1. The second-order valence-electron chi connectivity index (χ2n) is 7.60. The molecule has 1 unspecified atom stereocenters. The van der Waals surface area contributed by atoms with Gasteiger partial charge in [0.25, 0.3) is 0 Å². The van der Waals surface area contributed by atoms with Crippen LogP contribution in [0.3, 0.4) is 0 Å². The molecule has 2 heterocycles. The number of nitrogens with one attached hydrogen (secondary N) is 1. The van der Waals surface area contributed by atoms with Crippen molar-refractivity contribution in [1.29, 1.82) is 0 Å². The highest BCUT2D eigenvalue weighted by Crippen LogP contribution is 2.29. The van der Waals surface area contributed by atoms with Crippen LogP contribution in [0.1, 0.15) is 37.8 Å². The second kappa shape index (κ2) is 9.34. The van der Waals surface area contributed by atoms with E-state index in [2.05, 4.69) is 41.4 Å². The number of aryl methyl sites for hydroxylation is 1. The first kappa shape index (κ1) is 20.6. The van der Waals surface area contributed by atoms with Gasteiger partial charge in [-0.25, -0.2) is 4.98 Å². The van der Waals surface area contributed by atoms with Gasteiger partial charge in [-0.2, -0.15) is 0 Å². The van der Waals surface area contributed by atoms with Crippen LogP contribution in [0.5, 0.6) is 0 Å². The Balaban J connectivity index is 1.85. The van der Waals surface area contributed by atoms with Gasteiger partial charge in [0.15, 0.2) is 0 Å². The number of hydrogen-bond acceptors (Lipinski definition) is 6. The van der Waals surface area contributed by atoms with Crippen LogP contribution in [0.4, 0.5) is 5.82 Å². The fourth-order valence-corrected chi connectivity index (χ4v) is 3.72. The van der Waals surface area contributed by atoms with Crippen molar-refractivity contribution in [3.63, 3.8) is 0 Å². The van der Waals surface area contributed by atoms with Crippen molar-refractivity contribution in [3.8, 4) is 0 Å². The minimum absolute atomic E-state index is 0.0191. The Morgan fingerprint density at radius 1 is 1.39 bits per heavy atom. The van der Waals surface area contributed by atoms with Crippen molar-refractivity contribution < 1.29 is 14.6 Å². The third-order valence-corrected chi connectivity index (χ3v) is 5.43. The van der Waals surface area contributed by atoms with Gasteiger partial charge < -0.3 is 20.1 Å². The summed E-state index contributed by atoms with van der Waals surface area (Å²) in [5, 5.41) is 13.8. The summed E-state index contributed by atoms with van der Waals surface area (Å²) in [5.74, 6) is 0.874. The molecule has 1 fully saturated rings. The van der Waals surface area contributed by atoms with Gasteiger partial charge in [0, 0.05) is 36.6 Å². The smallest absolute Gasteiger partial charge is 0.309 e. The zero-order valence-electron chi connectivity index (χ0n) is 17.1. The maximum atomic E-state index is 12.0. The van der Waals surface area contributed by atoms with E-state index in [4.69, 9.17) is 9.72 Å². The van der Waals surface area contributed by atoms with Crippen LogP contribution in [0.2, 0.25) is 0 Å². The van der Waals surface area contributed by atoms with E-state index < -0.39 is 0 Å². The summed E-state index contributed by atoms with van der Waals surface area (Å²) in [4.78, 5) is 19.3. The number of hydrogen-bond donors (Lipinski definition) is 2. The number of ether oxygens (including phenoxy) is 1. The minimum Gasteiger partial charge on any atom is -0.466 e. The number of anilines is 1. The number of aliphatic hydroxyl groups excluding tert-OH is 1. The van der Waals surface area contributed by atoms with Gasteiger partial charge in [-0.15, -0.1) is 0 Å². The highest BCUT2D eigenvalue weighted by Gasteiger charge is 2.27. The van der Waals surface area contributed by atoms with E-state index in [1.165, 1.54) is 0 Å². The predicted octanol–water partition coefficient (Wildman–Crippen LogP) is 2.79. The second-order valence-corrected chi connectivity index (χ2v) is 7.60. The van der Waals surface area contributed by atoms with Gasteiger partial charge in [0.05, 0.1) is 24.6 Å². The van der Waals surface area contributed by atoms with Crippen molar-refractivity contribution in [2.75, 3.05) is 31.2 Å². The molecule has 3 rings (SSSR count). The van der Waals surface area contributed by atoms with E-state index in [9.17, 15) is 9.90 Å². The van der Waals surface area contributed by atoms with Gasteiger partial charge >= 0.3 is 5.97 Å². The van der Waals surface area contributed by atoms with E-state index in [1.807, 2.05) is 13.8 Å². The highest BCUT2D eigenvalue weighted by atomic mass is 16.5. The molecule has 1 aliphatic rings. The molecule has 152 valence electrons. The zero-order chi connectivity index (χ0) is 20.1. The van der Waals surface area contributed by atoms with Crippen molar-refractivity contribution in [2.24, 2.45) is 5.92 Å². The quantitative estimate of drug-likeness (QED) is 0.714. The van der Waals surface area contributed by atoms with Gasteiger partial charge in [0.1, 0.15) is 5.82 Å². The molecule has 1 atom stereocenters. The maximum Gasteiger partial charge on any atom is 0.309 e. The summed E-state index contributed by atoms with van der Waals surface area (Å²) in [7, 11) is 0. The van der Waals surface area contributed by atoms with Crippen LogP contribution in [-0.2, 0) is 16.1 Å². The van der Waals surface area contributed by atoms with Crippen LogP contribution in [0, 0.1) is 12.8 Å². The predicted molar refractivity (Wildman–Crippen MR) is 111 cm³/mol. The Hall–Kier alpha value is -2.18. The number of benzene rings is 1. The van der Waals surface area contributed by atoms with E-state index in [0.717, 1.165) is 53.8 Å². The number of aliphatic hydroxyl groups is 1. The third kappa shape index (κ3) is 4.62. The maximum absolute atomic E-state index is 12.0. The zero-order valence-corrected chi connectivity index (χ0v) is 17.1. The average molecular weight is 386 g/mol. The molecular formula is C22H31N3O3. The first-order chi connectivity index (χ1) is 13.5. The van der Waals surface area contributed by atoms with Crippen LogP contribution in [0.15, 0.2) is 24.3 Å². The molecule has 0 spiro atoms. The molecule has 28 heavy (non-hydrogen) atoms. The van der Waals surface area contributed by atoms with Crippen LogP contribution < -0.4 is 10.2 Å². The number of pyridine rings is 1. The minimum atomic E-state index is -0.0804. The van der Waals surface area contributed by atoms with E-state index >= 15 is 0 Å². The van der Waals surface area contributed by atoms with Gasteiger partial charge in [0.2, 0.25) is 0 Å². The molecule has 1 saturated heterocycles. The van der Waals surface area contributed by atoms with Gasteiger partial charge in [-0.3, -0.25) is 4.79 Å². The Morgan fingerprint density at radius 3 is 2.82 bits per heavy atom. The Kier molecular flexibility index (Phi) is 6.86. The lowest BCUT2D eigenvalue weighted by molar-refractivity contribution is -0.148. The molecule has 2 N–H and O–H groups in total. The summed E-state index contributed by atoms with van der Waals surface area (Å²) in [6.45, 7) is 8.64. The normalized spacial score (nSPS) is 16.4. The molecule has 0 saturated carbocycles. The van der Waals surface area contributed by atoms with E-state index in [1.54, 1.807) is 0 Å². The molecule has 2 aromatic rings. The summed E-state index contributed by atoms with van der Waals surface area (Å²) in [5.41, 5.74) is 3.29. The number of nitrogens with zero attached hydrogens (tertiary/aromatic N) is 2. The molecule has 6 heteroatoms. The Morgan fingerprint density at radius 2 is 2.14 bits per heavy atom. The summed E-state index contributed by atoms with van der Waals surface area (Å²) in [6.07, 6.45) is 1.57. The largest absolute Gasteiger partial charge is 0.466 e. The number of aromatic nitrogens is 1. The molecule has 6 nitrogen and oxygen atoms in total. The molecule has 1 aliphatic heterocycles. The van der Waals surface area contributed by atoms with Crippen LogP contribution in [0.25, 0.3) is 10.9 Å². The summed E-state index contributed by atoms with van der Waals surface area (Å²) >= 11 is 0. The standard InChI is InChI=1S/C22H31N3O3/c1-4-28-22(27)17-8-10-25(11-9-17)21-19(13-23-16(3)14-26)12-18-7-5-6-15(2)20(18)24-21/h5-7,12,16-17,23,26H,4,8-11,13-14H2,1-3H3. The number of fused-ring (bicyclic) bond motifs is 1. The fraction of sp³-hybridized carbons (Fsp3) is 0.545. The SMILES string of the molecule is CCOC(=O)C1CCN(c2nc3c(C)cccc3cc2CNC(C)CO)CC1. The summed E-state index contributed by atoms with van der Waals surface area (Å²) in [6, 6.07) is 8.44. The molecule has 0 radical (unpaired) electrons. The van der Waals surface area contributed by atoms with Crippen molar-refractivity contribution in [1.82, 2.24) is 10.3 Å². The Bertz CT molecular complexity index is 816. The van der Waals surface area contributed by atoms with Crippen LogP contribution in [-0.4, -0.2) is 48.4 Å². The summed E-state index contributed by atoms with van der Waals surface area (Å²) < 4.78 is 5.19. The van der Waals surface area contributed by atoms with Crippen molar-refractivity contribution in [3.05, 3.63) is 35.4 Å². The first-order valence-electron chi connectivity index (χ1n) is 10.2. The molecule has 1 aromatic carbocycles. The Labute approximate surface area is 166 Å². The van der Waals surface area contributed by atoms with E-state index in [0.29, 0.717) is 13.2 Å². The lowest BCUT2D eigenvalue weighted by atomic mass is 9.96. The molecule has 0 aliphatic carbocycles. The van der Waals surface area contributed by atoms with Crippen LogP contribution >= 0.6 is 0 Å². The highest BCUT2D eigenvalue weighted by molar-refractivity contribution is 5.84. The lowest BCUT2D eigenvalue weighted by Gasteiger charge is -2.33. The molecule has 0 bridgehead atoms. The topological polar surface area (TPSA) is 74.7 Å². The fourth-order valence-electron chi connectivity index (χ4n) is 3.72. The lowest BCUT2D eigenvalue weighted by Crippen LogP contribution is -2.38. The number of para-hydroxylation sites is 1.